The fraction of sp³-hybridized carbons (Fsp3) is 0.0952. The van der Waals surface area contributed by atoms with Crippen LogP contribution in [0, 0.1) is 11.0 Å². The van der Waals surface area contributed by atoms with Crippen LogP contribution >= 0.6 is 22.7 Å². The third-order valence-electron chi connectivity index (χ3n) is 4.57. The lowest BCUT2D eigenvalue weighted by Gasteiger charge is -2.38. The van der Waals surface area contributed by atoms with Crippen molar-refractivity contribution in [2.24, 2.45) is 0 Å². The van der Waals surface area contributed by atoms with Crippen LogP contribution in [0.15, 0.2) is 71.4 Å². The molecule has 4 rings (SSSR count). The van der Waals surface area contributed by atoms with E-state index in [0.717, 1.165) is 20.5 Å². The van der Waals surface area contributed by atoms with Crippen molar-refractivity contribution in [3.63, 3.8) is 0 Å². The van der Waals surface area contributed by atoms with Gasteiger partial charge in [0.05, 0.1) is 22.3 Å². The molecule has 2 aromatic carbocycles. The highest BCUT2D eigenvalue weighted by Gasteiger charge is 2.20. The predicted molar refractivity (Wildman–Crippen MR) is 126 cm³/mol. The van der Waals surface area contributed by atoms with E-state index < -0.39 is 22.2 Å². The van der Waals surface area contributed by atoms with E-state index >= 15 is 0 Å². The predicted octanol–water partition coefficient (Wildman–Crippen LogP) is 5.51. The molecule has 166 valence electrons. The van der Waals surface area contributed by atoms with Crippen LogP contribution < -0.4 is 9.79 Å². The van der Waals surface area contributed by atoms with Crippen LogP contribution in [0.2, 0.25) is 0 Å². The van der Waals surface area contributed by atoms with Crippen LogP contribution in [0.5, 0.6) is 0 Å². The molecule has 0 radical (unpaired) electrons. The van der Waals surface area contributed by atoms with Crippen molar-refractivity contribution in [1.29, 1.82) is 0 Å². The Morgan fingerprint density at radius 2 is 1.91 bits per heavy atom. The van der Waals surface area contributed by atoms with Gasteiger partial charge in [-0.1, -0.05) is 24.3 Å². The molecule has 11 heteroatoms. The summed E-state index contributed by atoms with van der Waals surface area (Å²) in [7, 11) is -4.38. The van der Waals surface area contributed by atoms with Gasteiger partial charge in [-0.25, -0.2) is 9.37 Å². The lowest BCUT2D eigenvalue weighted by atomic mass is 10.0. The van der Waals surface area contributed by atoms with Crippen molar-refractivity contribution in [3.05, 3.63) is 93.7 Å². The minimum Gasteiger partial charge on any atom is -0.758 e. The Hall–Kier alpha value is -2.83. The zero-order valence-corrected chi connectivity index (χ0v) is 18.8. The van der Waals surface area contributed by atoms with E-state index in [2.05, 4.69) is 4.98 Å². The molecule has 4 aromatic rings. The smallest absolute Gasteiger partial charge is 0.357 e. The van der Waals surface area contributed by atoms with Gasteiger partial charge in [-0.2, -0.15) is 8.42 Å². The van der Waals surface area contributed by atoms with Gasteiger partial charge in [-0.05, 0) is 53.8 Å². The molecule has 0 amide bonds. The fourth-order valence-corrected chi connectivity index (χ4v) is 5.25. The number of hydrogen-bond acceptors (Lipinski definition) is 7. The molecule has 0 aliphatic heterocycles. The molecule has 0 bridgehead atoms. The Labute approximate surface area is 192 Å². The molecule has 0 saturated heterocycles. The summed E-state index contributed by atoms with van der Waals surface area (Å²) in [5.41, 5.74) is 1.65. The van der Waals surface area contributed by atoms with Crippen LogP contribution in [0.3, 0.4) is 0 Å². The highest BCUT2D eigenvalue weighted by molar-refractivity contribution is 7.87. The number of rotatable bonds is 8. The second-order valence-corrected chi connectivity index (χ2v) is 9.81. The molecule has 2 aromatic heterocycles. The van der Waals surface area contributed by atoms with Crippen LogP contribution in [0.1, 0.15) is 17.3 Å². The van der Waals surface area contributed by atoms with E-state index in [1.165, 1.54) is 47.7 Å². The summed E-state index contributed by atoms with van der Waals surface area (Å²) in [5, 5.41) is 18.5. The Balaban J connectivity index is 1.64. The van der Waals surface area contributed by atoms with E-state index in [9.17, 15) is 18.0 Å². The Morgan fingerprint density at radius 3 is 2.56 bits per heavy atom. The number of halogens is 1. The molecular weight excluding hydrogens is 473 g/mol. The monoisotopic (exact) mass is 490 g/mol. The van der Waals surface area contributed by atoms with E-state index in [0.29, 0.717) is 5.69 Å². The minimum atomic E-state index is -4.38. The van der Waals surface area contributed by atoms with Crippen LogP contribution in [-0.2, 0) is 16.7 Å². The summed E-state index contributed by atoms with van der Waals surface area (Å²) in [6, 6.07) is 14.8. The fourth-order valence-electron chi connectivity index (χ4n) is 3.13. The first-order valence-corrected chi connectivity index (χ1v) is 12.5. The van der Waals surface area contributed by atoms with Gasteiger partial charge < -0.3 is 10.3 Å². The van der Waals surface area contributed by atoms with Crippen LogP contribution in [0.4, 0.5) is 15.8 Å². The number of thiazole rings is 1. The van der Waals surface area contributed by atoms with Gasteiger partial charge in [0, 0.05) is 11.1 Å². The van der Waals surface area contributed by atoms with Gasteiger partial charge in [0.25, 0.3) is 0 Å². The molecular formula is C21H17FN3O4S3-. The number of nitrogens with one attached hydrogen (secondary N) is 1. The van der Waals surface area contributed by atoms with E-state index in [-0.39, 0.29) is 17.8 Å². The number of hydrogen-bond donors (Lipinski definition) is 2. The molecule has 0 spiro atoms. The average molecular weight is 491 g/mol. The molecule has 1 atom stereocenters. The van der Waals surface area contributed by atoms with Crippen molar-refractivity contribution in [3.8, 4) is 9.88 Å². The van der Waals surface area contributed by atoms with Gasteiger partial charge >= 0.3 is 10.3 Å². The molecule has 32 heavy (non-hydrogen) atoms. The maximum absolute atomic E-state index is 13.7. The average Bonchev–Trinajstić information content (AvgIpc) is 3.43. The molecule has 0 fully saturated rings. The van der Waals surface area contributed by atoms with Crippen molar-refractivity contribution >= 4 is 44.4 Å². The molecule has 2 N–H and O–H groups in total. The van der Waals surface area contributed by atoms with Gasteiger partial charge in [0.15, 0.2) is 0 Å². The lowest BCUT2D eigenvalue weighted by Crippen LogP contribution is -2.25. The standard InChI is InChI=1S/C21H17FN3O4S3/c22-15-3-1-4-17(12-15)25(26)19(18-13-31-21(23-18)20-5-2-10-30-20)11-14-6-8-16(9-7-14)24-32(27,28)29/h1-10,12-13,19,24H,11H2,(H,27,28,29)/q-1. The maximum Gasteiger partial charge on any atom is 0.357 e. The number of benzene rings is 2. The van der Waals surface area contributed by atoms with Gasteiger partial charge in [-0.3, -0.25) is 9.27 Å². The van der Waals surface area contributed by atoms with Crippen LogP contribution in [0.25, 0.3) is 9.88 Å². The first-order valence-electron chi connectivity index (χ1n) is 9.34. The highest BCUT2D eigenvalue weighted by Crippen LogP contribution is 2.34. The topological polar surface area (TPSA) is 106 Å². The zero-order valence-electron chi connectivity index (χ0n) is 16.4. The van der Waals surface area contributed by atoms with E-state index in [4.69, 9.17) is 4.55 Å². The number of thiophene rings is 1. The van der Waals surface area contributed by atoms with E-state index in [1.807, 2.05) is 27.6 Å². The van der Waals surface area contributed by atoms with Gasteiger partial charge in [0.2, 0.25) is 0 Å². The normalized spacial score (nSPS) is 12.5. The zero-order chi connectivity index (χ0) is 22.7. The second-order valence-electron chi connectivity index (χ2n) is 6.85. The molecule has 7 nitrogen and oxygen atoms in total. The minimum absolute atomic E-state index is 0.172. The Morgan fingerprint density at radius 1 is 1.12 bits per heavy atom. The summed E-state index contributed by atoms with van der Waals surface area (Å²) >= 11 is 2.97. The second kappa shape index (κ2) is 9.35. The van der Waals surface area contributed by atoms with Crippen LogP contribution in [-0.4, -0.2) is 18.0 Å². The van der Waals surface area contributed by atoms with Crippen molar-refractivity contribution in [1.82, 2.24) is 4.98 Å². The van der Waals surface area contributed by atoms with Crippen molar-refractivity contribution in [2.45, 2.75) is 12.5 Å². The SMILES string of the molecule is O=S(=O)(O)Nc1ccc(CC(c2csc(-c3cccs3)n2)N([O-])c2cccc(F)c2)cc1. The molecule has 0 saturated carbocycles. The molecule has 0 aliphatic rings. The lowest BCUT2D eigenvalue weighted by molar-refractivity contribution is 0.489. The maximum atomic E-state index is 13.7. The molecule has 2 heterocycles. The largest absolute Gasteiger partial charge is 0.758 e. The number of anilines is 2. The summed E-state index contributed by atoms with van der Waals surface area (Å²) in [6.45, 7) is 0. The number of aromatic nitrogens is 1. The molecule has 1 unspecified atom stereocenters. The summed E-state index contributed by atoms with van der Waals surface area (Å²) in [5.74, 6) is -0.514. The summed E-state index contributed by atoms with van der Waals surface area (Å²) < 4.78 is 46.6. The summed E-state index contributed by atoms with van der Waals surface area (Å²) in [4.78, 5) is 5.64. The van der Waals surface area contributed by atoms with Gasteiger partial charge in [0.1, 0.15) is 10.8 Å². The van der Waals surface area contributed by atoms with Gasteiger partial charge in [-0.15, -0.1) is 22.7 Å². The third-order valence-corrected chi connectivity index (χ3v) is 6.96. The summed E-state index contributed by atoms with van der Waals surface area (Å²) in [6.07, 6.45) is 0.250. The quantitative estimate of drug-likeness (QED) is 0.249. The first kappa shape index (κ1) is 22.4. The Bertz CT molecular complexity index is 1290. The highest BCUT2D eigenvalue weighted by atomic mass is 32.2. The number of nitrogens with zero attached hydrogens (tertiary/aromatic N) is 2. The number of hydroxylamine groups is 1. The first-order chi connectivity index (χ1) is 15.3. The van der Waals surface area contributed by atoms with Crippen molar-refractivity contribution in [2.75, 3.05) is 9.79 Å². The Kier molecular flexibility index (Phi) is 6.53. The van der Waals surface area contributed by atoms with Crippen molar-refractivity contribution < 1.29 is 17.4 Å². The van der Waals surface area contributed by atoms with E-state index in [1.54, 1.807) is 23.5 Å². The third kappa shape index (κ3) is 5.50. The molecule has 0 aliphatic carbocycles.